The maximum atomic E-state index is 12.3. The number of nitrogens with zero attached hydrogens (tertiary/aromatic N) is 1. The number of hydroxylamine groups is 1. The fourth-order valence-electron chi connectivity index (χ4n) is 2.18. The van der Waals surface area contributed by atoms with Crippen LogP contribution >= 0.6 is 0 Å². The maximum Gasteiger partial charge on any atom is 0.267 e. The summed E-state index contributed by atoms with van der Waals surface area (Å²) < 4.78 is 1.83. The molecule has 0 saturated carbocycles. The largest absolute Gasteiger partial charge is 0.350 e. The molecule has 0 fully saturated rings. The molecule has 0 spiro atoms. The Hall–Kier alpha value is -2.92. The minimum Gasteiger partial charge on any atom is -0.350 e. The van der Waals surface area contributed by atoms with Gasteiger partial charge in [0.1, 0.15) is 0 Å². The van der Waals surface area contributed by atoms with Crippen molar-refractivity contribution in [1.29, 1.82) is 0 Å². The van der Waals surface area contributed by atoms with Gasteiger partial charge in [0.2, 0.25) is 0 Å². The smallest absolute Gasteiger partial charge is 0.267 e. The number of hydrogen-bond donors (Lipinski definition) is 2. The van der Waals surface area contributed by atoms with Crippen molar-refractivity contribution < 1.29 is 14.8 Å². The molecule has 1 aromatic carbocycles. The van der Waals surface area contributed by atoms with Crippen LogP contribution in [0, 0.1) is 0 Å². The lowest BCUT2D eigenvalue weighted by Gasteiger charge is -2.00. The number of carbonyl (C=O) groups excluding carboxylic acids is 2. The van der Waals surface area contributed by atoms with Gasteiger partial charge in [-0.25, -0.2) is 5.48 Å². The first-order valence-corrected chi connectivity index (χ1v) is 7.08. The fourth-order valence-corrected chi connectivity index (χ4v) is 2.18. The van der Waals surface area contributed by atoms with E-state index in [1.54, 1.807) is 31.2 Å². The number of allylic oxidation sites excluding steroid dienone is 1. The second kappa shape index (κ2) is 7.38. The number of nitrogens with one attached hydrogen (secondary N) is 1. The van der Waals surface area contributed by atoms with E-state index in [1.807, 2.05) is 42.1 Å². The summed E-state index contributed by atoms with van der Waals surface area (Å²) in [5.41, 5.74) is 4.45. The van der Waals surface area contributed by atoms with Gasteiger partial charge in [0.25, 0.3) is 5.91 Å². The van der Waals surface area contributed by atoms with Crippen LogP contribution in [0.1, 0.15) is 28.5 Å². The summed E-state index contributed by atoms with van der Waals surface area (Å²) in [4.78, 5) is 23.3. The molecule has 0 bridgehead atoms. The molecule has 0 aliphatic rings. The first-order chi connectivity index (χ1) is 11.0. The van der Waals surface area contributed by atoms with Crippen LogP contribution in [-0.2, 0) is 11.8 Å². The van der Waals surface area contributed by atoms with Crippen LogP contribution in [0.25, 0.3) is 12.2 Å². The Morgan fingerprint density at radius 1 is 1.22 bits per heavy atom. The highest BCUT2D eigenvalue weighted by Gasteiger charge is 2.08. The molecular weight excluding hydrogens is 292 g/mol. The van der Waals surface area contributed by atoms with Crippen molar-refractivity contribution in [1.82, 2.24) is 10.0 Å². The van der Waals surface area contributed by atoms with Crippen molar-refractivity contribution >= 4 is 23.8 Å². The molecule has 2 aromatic rings. The Morgan fingerprint density at radius 2 is 1.91 bits per heavy atom. The SMILES string of the molecule is C/C(=C\c1cc(/C=C/C(=O)NO)n(C)c1)C(=O)c1ccccc1. The summed E-state index contributed by atoms with van der Waals surface area (Å²) in [5.74, 6) is -0.620. The number of benzene rings is 1. The Bertz CT molecular complexity index is 771. The minimum absolute atomic E-state index is 0.0220. The Labute approximate surface area is 134 Å². The van der Waals surface area contributed by atoms with Gasteiger partial charge in [0, 0.05) is 30.6 Å². The molecule has 0 radical (unpaired) electrons. The standard InChI is InChI=1S/C18H18N2O3/c1-13(18(22)15-6-4-3-5-7-15)10-14-11-16(20(2)12-14)8-9-17(21)19-23/h3-12,23H,1-2H3,(H,19,21)/b9-8+,13-10+. The van der Waals surface area contributed by atoms with E-state index in [0.29, 0.717) is 11.1 Å². The Kier molecular flexibility index (Phi) is 5.28. The summed E-state index contributed by atoms with van der Waals surface area (Å²) in [6.45, 7) is 1.77. The van der Waals surface area contributed by atoms with Crippen LogP contribution in [0.5, 0.6) is 0 Å². The van der Waals surface area contributed by atoms with Gasteiger partial charge in [-0.3, -0.25) is 14.8 Å². The molecular formula is C18H18N2O3. The van der Waals surface area contributed by atoms with Gasteiger partial charge in [-0.2, -0.15) is 0 Å². The van der Waals surface area contributed by atoms with E-state index in [9.17, 15) is 9.59 Å². The number of aromatic nitrogens is 1. The number of hydrogen-bond acceptors (Lipinski definition) is 3. The zero-order valence-electron chi connectivity index (χ0n) is 13.0. The predicted molar refractivity (Wildman–Crippen MR) is 88.8 cm³/mol. The highest BCUT2D eigenvalue weighted by Crippen LogP contribution is 2.15. The lowest BCUT2D eigenvalue weighted by atomic mass is 10.0. The average molecular weight is 310 g/mol. The van der Waals surface area contributed by atoms with Crippen LogP contribution in [0.2, 0.25) is 0 Å². The van der Waals surface area contributed by atoms with E-state index in [1.165, 1.54) is 11.6 Å². The molecule has 0 aliphatic carbocycles. The zero-order valence-corrected chi connectivity index (χ0v) is 13.0. The molecule has 1 amide bonds. The van der Waals surface area contributed by atoms with Crippen molar-refractivity contribution in [3.63, 3.8) is 0 Å². The number of aryl methyl sites for hydroxylation is 1. The average Bonchev–Trinajstić information content (AvgIpc) is 2.92. The third-order valence-corrected chi connectivity index (χ3v) is 3.36. The molecule has 2 N–H and O–H groups in total. The summed E-state index contributed by atoms with van der Waals surface area (Å²) in [5, 5.41) is 8.47. The minimum atomic E-state index is -0.598. The van der Waals surface area contributed by atoms with Gasteiger partial charge in [-0.05, 0) is 36.3 Å². The first kappa shape index (κ1) is 16.5. The summed E-state index contributed by atoms with van der Waals surface area (Å²) in [6, 6.07) is 11.0. The molecule has 0 aliphatic heterocycles. The van der Waals surface area contributed by atoms with Crippen molar-refractivity contribution in [2.45, 2.75) is 6.92 Å². The molecule has 5 heteroatoms. The molecule has 23 heavy (non-hydrogen) atoms. The van der Waals surface area contributed by atoms with Gasteiger partial charge in [0.05, 0.1) is 0 Å². The third-order valence-electron chi connectivity index (χ3n) is 3.36. The van der Waals surface area contributed by atoms with Crippen molar-refractivity contribution in [2.75, 3.05) is 0 Å². The van der Waals surface area contributed by atoms with Crippen LogP contribution in [-0.4, -0.2) is 21.5 Å². The Balaban J connectivity index is 2.21. The van der Waals surface area contributed by atoms with Crippen molar-refractivity contribution in [3.8, 4) is 0 Å². The zero-order chi connectivity index (χ0) is 16.8. The highest BCUT2D eigenvalue weighted by molar-refractivity contribution is 6.10. The van der Waals surface area contributed by atoms with Crippen molar-refractivity contribution in [3.05, 3.63) is 71.1 Å². The molecule has 5 nitrogen and oxygen atoms in total. The van der Waals surface area contributed by atoms with Gasteiger partial charge < -0.3 is 4.57 Å². The van der Waals surface area contributed by atoms with E-state index < -0.39 is 5.91 Å². The molecule has 118 valence electrons. The van der Waals surface area contributed by atoms with E-state index >= 15 is 0 Å². The second-order valence-corrected chi connectivity index (χ2v) is 5.14. The maximum absolute atomic E-state index is 12.3. The number of ketones is 1. The second-order valence-electron chi connectivity index (χ2n) is 5.14. The van der Waals surface area contributed by atoms with Gasteiger partial charge >= 0.3 is 0 Å². The lowest BCUT2D eigenvalue weighted by Crippen LogP contribution is -2.14. The van der Waals surface area contributed by atoms with Gasteiger partial charge in [-0.1, -0.05) is 30.3 Å². The quantitative estimate of drug-likeness (QED) is 0.386. The van der Waals surface area contributed by atoms with Gasteiger partial charge in [0.15, 0.2) is 5.78 Å². The van der Waals surface area contributed by atoms with Crippen LogP contribution in [0.3, 0.4) is 0 Å². The highest BCUT2D eigenvalue weighted by atomic mass is 16.5. The molecule has 0 saturated heterocycles. The monoisotopic (exact) mass is 310 g/mol. The van der Waals surface area contributed by atoms with Crippen LogP contribution in [0.15, 0.2) is 54.2 Å². The summed E-state index contributed by atoms with van der Waals surface area (Å²) >= 11 is 0. The first-order valence-electron chi connectivity index (χ1n) is 7.08. The van der Waals surface area contributed by atoms with Crippen LogP contribution in [0.4, 0.5) is 0 Å². The fraction of sp³-hybridized carbons (Fsp3) is 0.111. The third kappa shape index (κ3) is 4.28. The summed E-state index contributed by atoms with van der Waals surface area (Å²) in [7, 11) is 1.84. The topological polar surface area (TPSA) is 71.3 Å². The Morgan fingerprint density at radius 3 is 2.57 bits per heavy atom. The van der Waals surface area contributed by atoms with Crippen molar-refractivity contribution in [2.24, 2.45) is 7.05 Å². The van der Waals surface area contributed by atoms with Gasteiger partial charge in [-0.15, -0.1) is 0 Å². The predicted octanol–water partition coefficient (Wildman–Crippen LogP) is 2.83. The van der Waals surface area contributed by atoms with E-state index in [4.69, 9.17) is 5.21 Å². The number of rotatable bonds is 5. The number of Topliss-reactive ketones (excluding diaryl/α,β-unsaturated/α-hetero) is 1. The number of amides is 1. The van der Waals surface area contributed by atoms with Crippen LogP contribution < -0.4 is 5.48 Å². The molecule has 1 aromatic heterocycles. The normalized spacial score (nSPS) is 11.7. The molecule has 2 rings (SSSR count). The van der Waals surface area contributed by atoms with E-state index in [0.717, 1.165) is 11.3 Å². The van der Waals surface area contributed by atoms with E-state index in [2.05, 4.69) is 0 Å². The summed E-state index contributed by atoms with van der Waals surface area (Å²) in [6.07, 6.45) is 6.47. The van der Waals surface area contributed by atoms with E-state index in [-0.39, 0.29) is 5.78 Å². The number of carbonyl (C=O) groups is 2. The molecule has 0 unspecified atom stereocenters. The lowest BCUT2D eigenvalue weighted by molar-refractivity contribution is -0.124. The molecule has 1 heterocycles. The molecule has 0 atom stereocenters.